The standard InChI is InChI=1S/C14H24N2O3S2/c1-20-11-4-2-3-9-16-21(17,18)12-10-19-14-7-5-13(15)6-8-14/h5-8,16H,2-4,9-12,15H2,1H3. The molecule has 7 heteroatoms. The van der Waals surface area contributed by atoms with Crippen molar-refractivity contribution in [2.45, 2.75) is 19.3 Å². The van der Waals surface area contributed by atoms with E-state index in [0.717, 1.165) is 25.0 Å². The number of benzene rings is 1. The summed E-state index contributed by atoms with van der Waals surface area (Å²) in [4.78, 5) is 0. The van der Waals surface area contributed by atoms with Crippen molar-refractivity contribution in [2.24, 2.45) is 0 Å². The van der Waals surface area contributed by atoms with Gasteiger partial charge in [0.1, 0.15) is 12.4 Å². The summed E-state index contributed by atoms with van der Waals surface area (Å²) in [5, 5.41) is 0. The highest BCUT2D eigenvalue weighted by atomic mass is 32.2. The van der Waals surface area contributed by atoms with Crippen molar-refractivity contribution in [3.63, 3.8) is 0 Å². The summed E-state index contributed by atoms with van der Waals surface area (Å²) in [6, 6.07) is 6.88. The molecule has 0 saturated carbocycles. The average molecular weight is 332 g/mol. The van der Waals surface area contributed by atoms with Gasteiger partial charge < -0.3 is 10.5 Å². The molecule has 0 heterocycles. The molecule has 0 spiro atoms. The van der Waals surface area contributed by atoms with Gasteiger partial charge in [-0.1, -0.05) is 6.42 Å². The zero-order valence-electron chi connectivity index (χ0n) is 12.4. The molecule has 0 radical (unpaired) electrons. The number of thioether (sulfide) groups is 1. The fourth-order valence-electron chi connectivity index (χ4n) is 1.68. The van der Waals surface area contributed by atoms with Gasteiger partial charge in [-0.3, -0.25) is 0 Å². The molecule has 0 saturated heterocycles. The molecule has 120 valence electrons. The lowest BCUT2D eigenvalue weighted by molar-refractivity contribution is 0.340. The first-order valence-electron chi connectivity index (χ1n) is 6.98. The SMILES string of the molecule is CSCCCCCNS(=O)(=O)CCOc1ccc(N)cc1. The predicted octanol–water partition coefficient (Wildman–Crippen LogP) is 2.10. The van der Waals surface area contributed by atoms with Gasteiger partial charge in [-0.15, -0.1) is 0 Å². The molecule has 0 atom stereocenters. The molecule has 3 N–H and O–H groups in total. The Hall–Kier alpha value is -0.920. The molecule has 0 aromatic heterocycles. The van der Waals surface area contributed by atoms with Crippen molar-refractivity contribution in [3.8, 4) is 5.75 Å². The van der Waals surface area contributed by atoms with Gasteiger partial charge >= 0.3 is 0 Å². The van der Waals surface area contributed by atoms with Gasteiger partial charge in [-0.25, -0.2) is 13.1 Å². The highest BCUT2D eigenvalue weighted by Crippen LogP contribution is 2.12. The molecular weight excluding hydrogens is 308 g/mol. The van der Waals surface area contributed by atoms with E-state index in [1.54, 1.807) is 24.3 Å². The van der Waals surface area contributed by atoms with Gasteiger partial charge in [0.05, 0.1) is 5.75 Å². The second-order valence-corrected chi connectivity index (χ2v) is 7.60. The van der Waals surface area contributed by atoms with Crippen LogP contribution in [0.3, 0.4) is 0 Å². The van der Waals surface area contributed by atoms with Crippen LogP contribution in [0, 0.1) is 0 Å². The van der Waals surface area contributed by atoms with Crippen LogP contribution in [0.5, 0.6) is 5.75 Å². The van der Waals surface area contributed by atoms with Crippen LogP contribution in [0.2, 0.25) is 0 Å². The summed E-state index contributed by atoms with van der Waals surface area (Å²) >= 11 is 1.81. The Morgan fingerprint density at radius 1 is 1.19 bits per heavy atom. The molecule has 1 aromatic rings. The van der Waals surface area contributed by atoms with E-state index in [1.165, 1.54) is 0 Å². The molecule has 0 fully saturated rings. The van der Waals surface area contributed by atoms with E-state index in [2.05, 4.69) is 11.0 Å². The molecule has 0 aliphatic carbocycles. The van der Waals surface area contributed by atoms with Crippen LogP contribution in [-0.2, 0) is 10.0 Å². The number of anilines is 1. The third kappa shape index (κ3) is 8.85. The molecule has 0 aliphatic heterocycles. The predicted molar refractivity (Wildman–Crippen MR) is 90.4 cm³/mol. The zero-order chi connectivity index (χ0) is 15.6. The zero-order valence-corrected chi connectivity index (χ0v) is 14.0. The van der Waals surface area contributed by atoms with Gasteiger partial charge in [0.15, 0.2) is 0 Å². The third-order valence-electron chi connectivity index (χ3n) is 2.85. The highest BCUT2D eigenvalue weighted by molar-refractivity contribution is 7.98. The second kappa shape index (κ2) is 9.92. The number of rotatable bonds is 11. The largest absolute Gasteiger partial charge is 0.492 e. The fourth-order valence-corrected chi connectivity index (χ4v) is 3.08. The number of sulfonamides is 1. The Labute approximate surface area is 131 Å². The van der Waals surface area contributed by atoms with E-state index < -0.39 is 10.0 Å². The first-order valence-corrected chi connectivity index (χ1v) is 10.0. The lowest BCUT2D eigenvalue weighted by Crippen LogP contribution is -2.29. The Morgan fingerprint density at radius 2 is 1.90 bits per heavy atom. The maximum absolute atomic E-state index is 11.7. The number of nitrogens with one attached hydrogen (secondary N) is 1. The first-order chi connectivity index (χ1) is 10.0. The molecular formula is C14H24N2O3S2. The van der Waals surface area contributed by atoms with Crippen LogP contribution in [0.25, 0.3) is 0 Å². The average Bonchev–Trinajstić information content (AvgIpc) is 2.45. The quantitative estimate of drug-likeness (QED) is 0.479. The molecule has 0 amide bonds. The summed E-state index contributed by atoms with van der Waals surface area (Å²) in [5.41, 5.74) is 6.21. The van der Waals surface area contributed by atoms with Crippen molar-refractivity contribution < 1.29 is 13.2 Å². The number of nitrogens with two attached hydrogens (primary N) is 1. The minimum Gasteiger partial charge on any atom is -0.492 e. The van der Waals surface area contributed by atoms with Crippen LogP contribution in [0.4, 0.5) is 5.69 Å². The summed E-state index contributed by atoms with van der Waals surface area (Å²) in [5.74, 6) is 1.71. The van der Waals surface area contributed by atoms with Gasteiger partial charge in [0, 0.05) is 12.2 Å². The third-order valence-corrected chi connectivity index (χ3v) is 4.89. The van der Waals surface area contributed by atoms with Crippen molar-refractivity contribution >= 4 is 27.5 Å². The smallest absolute Gasteiger partial charge is 0.214 e. The molecule has 5 nitrogen and oxygen atoms in total. The maximum Gasteiger partial charge on any atom is 0.214 e. The van der Waals surface area contributed by atoms with Gasteiger partial charge in [-0.2, -0.15) is 11.8 Å². The minimum atomic E-state index is -3.26. The summed E-state index contributed by atoms with van der Waals surface area (Å²) < 4.78 is 31.5. The van der Waals surface area contributed by atoms with Crippen molar-refractivity contribution in [3.05, 3.63) is 24.3 Å². The van der Waals surface area contributed by atoms with Gasteiger partial charge in [0.2, 0.25) is 10.0 Å². The van der Waals surface area contributed by atoms with E-state index >= 15 is 0 Å². The van der Waals surface area contributed by atoms with Crippen molar-refractivity contribution in [2.75, 3.05) is 36.6 Å². The fraction of sp³-hybridized carbons (Fsp3) is 0.571. The van der Waals surface area contributed by atoms with Crippen molar-refractivity contribution in [1.29, 1.82) is 0 Å². The van der Waals surface area contributed by atoms with Crippen LogP contribution in [0.1, 0.15) is 19.3 Å². The summed E-state index contributed by atoms with van der Waals surface area (Å²) in [7, 11) is -3.26. The number of hydrogen-bond acceptors (Lipinski definition) is 5. The van der Waals surface area contributed by atoms with Crippen molar-refractivity contribution in [1.82, 2.24) is 4.72 Å². The molecule has 0 aliphatic rings. The Balaban J connectivity index is 2.16. The normalized spacial score (nSPS) is 11.5. The van der Waals surface area contributed by atoms with E-state index in [9.17, 15) is 8.42 Å². The lowest BCUT2D eigenvalue weighted by Gasteiger charge is -2.08. The van der Waals surface area contributed by atoms with Crippen LogP contribution in [-0.4, -0.2) is 39.3 Å². The maximum atomic E-state index is 11.7. The topological polar surface area (TPSA) is 81.4 Å². The Kier molecular flexibility index (Phi) is 8.56. The lowest BCUT2D eigenvalue weighted by atomic mass is 10.2. The van der Waals surface area contributed by atoms with Gasteiger partial charge in [-0.05, 0) is 49.1 Å². The molecule has 0 unspecified atom stereocenters. The van der Waals surface area contributed by atoms with E-state index in [1.807, 2.05) is 11.8 Å². The molecule has 1 rings (SSSR count). The van der Waals surface area contributed by atoms with Crippen LogP contribution < -0.4 is 15.2 Å². The number of ether oxygens (including phenoxy) is 1. The van der Waals surface area contributed by atoms with Crippen LogP contribution >= 0.6 is 11.8 Å². The second-order valence-electron chi connectivity index (χ2n) is 4.68. The minimum absolute atomic E-state index is 0.0395. The van der Waals surface area contributed by atoms with Gasteiger partial charge in [0.25, 0.3) is 0 Å². The van der Waals surface area contributed by atoms with E-state index in [0.29, 0.717) is 18.0 Å². The number of nitrogen functional groups attached to an aromatic ring is 1. The van der Waals surface area contributed by atoms with E-state index in [4.69, 9.17) is 10.5 Å². The molecule has 21 heavy (non-hydrogen) atoms. The van der Waals surface area contributed by atoms with E-state index in [-0.39, 0.29) is 12.4 Å². The monoisotopic (exact) mass is 332 g/mol. The first kappa shape index (κ1) is 18.1. The number of hydrogen-bond donors (Lipinski definition) is 2. The summed E-state index contributed by atoms with van der Waals surface area (Å²) in [6.45, 7) is 0.629. The molecule has 1 aromatic carbocycles. The van der Waals surface area contributed by atoms with Crippen LogP contribution in [0.15, 0.2) is 24.3 Å². The Bertz CT molecular complexity index is 489. The number of unbranched alkanes of at least 4 members (excludes halogenated alkanes) is 2. The highest BCUT2D eigenvalue weighted by Gasteiger charge is 2.09. The Morgan fingerprint density at radius 3 is 2.57 bits per heavy atom. The summed E-state index contributed by atoms with van der Waals surface area (Å²) in [6.07, 6.45) is 5.12. The molecule has 0 bridgehead atoms.